The minimum atomic E-state index is -0.466. The number of rotatable bonds is 12. The summed E-state index contributed by atoms with van der Waals surface area (Å²) in [6.45, 7) is 10.7. The third kappa shape index (κ3) is 8.98. The Morgan fingerprint density at radius 2 is 1.82 bits per heavy atom. The number of amides is 1. The molecule has 0 spiro atoms. The topological polar surface area (TPSA) is 144 Å². The summed E-state index contributed by atoms with van der Waals surface area (Å²) >= 11 is 6.75. The highest BCUT2D eigenvalue weighted by Crippen LogP contribution is 2.38. The lowest BCUT2D eigenvalue weighted by Crippen LogP contribution is -2.39. The molecule has 5 rings (SSSR count). The van der Waals surface area contributed by atoms with Gasteiger partial charge in [-0.25, -0.2) is 4.98 Å². The fraction of sp³-hybridized carbons (Fsp3) is 0.378. The largest absolute Gasteiger partial charge is 0.497 e. The van der Waals surface area contributed by atoms with Crippen molar-refractivity contribution in [2.24, 2.45) is 5.41 Å². The normalized spacial score (nSPS) is 13.9. The van der Waals surface area contributed by atoms with Crippen LogP contribution in [0.5, 0.6) is 11.5 Å². The number of fused-ring (bicyclic) bond motifs is 1. The van der Waals surface area contributed by atoms with Gasteiger partial charge in [0.15, 0.2) is 0 Å². The number of methoxy groups -OCH3 is 2. The molecule has 0 aliphatic carbocycles. The highest BCUT2D eigenvalue weighted by Gasteiger charge is 2.20. The Balaban J connectivity index is 1.44. The zero-order valence-corrected chi connectivity index (χ0v) is 29.8. The van der Waals surface area contributed by atoms with Gasteiger partial charge in [-0.15, -0.1) is 0 Å². The number of carbonyl (C=O) groups excluding carboxylic acids is 1. The van der Waals surface area contributed by atoms with E-state index in [4.69, 9.17) is 30.8 Å². The summed E-state index contributed by atoms with van der Waals surface area (Å²) in [4.78, 5) is 38.7. The second-order valence-electron chi connectivity index (χ2n) is 13.0. The maximum absolute atomic E-state index is 14.3. The zero-order valence-electron chi connectivity index (χ0n) is 29.0. The number of aromatic nitrogens is 3. The first-order valence-corrected chi connectivity index (χ1v) is 16.8. The van der Waals surface area contributed by atoms with Crippen LogP contribution in [0.4, 0.5) is 11.6 Å². The number of halogens is 1. The third-order valence-corrected chi connectivity index (χ3v) is 8.57. The SMILES string of the molecule is COc1cc(OC)c(Cl)c(-c2cc3cnc(NCCN4CCOCC4)nc3n(CCc3ccc(NC(=O)C(C#N)=CC(C)(C)C)cc3)c2=O)c1. The first-order valence-electron chi connectivity index (χ1n) is 16.4. The predicted molar refractivity (Wildman–Crippen MR) is 195 cm³/mol. The molecule has 2 aromatic heterocycles. The average Bonchev–Trinajstić information content (AvgIpc) is 3.11. The Labute approximate surface area is 296 Å². The van der Waals surface area contributed by atoms with Crippen LogP contribution in [0.25, 0.3) is 22.2 Å². The Morgan fingerprint density at radius 3 is 2.48 bits per heavy atom. The molecule has 1 aliphatic heterocycles. The van der Waals surface area contributed by atoms with E-state index in [0.29, 0.717) is 64.8 Å². The lowest BCUT2D eigenvalue weighted by Gasteiger charge is -2.26. The first kappa shape index (κ1) is 36.3. The van der Waals surface area contributed by atoms with Crippen molar-refractivity contribution >= 4 is 40.2 Å². The summed E-state index contributed by atoms with van der Waals surface area (Å²) < 4.78 is 18.0. The summed E-state index contributed by atoms with van der Waals surface area (Å²) in [6.07, 6.45) is 3.83. The molecule has 50 heavy (non-hydrogen) atoms. The van der Waals surface area contributed by atoms with Crippen LogP contribution < -0.4 is 25.7 Å². The summed E-state index contributed by atoms with van der Waals surface area (Å²) in [5, 5.41) is 16.5. The van der Waals surface area contributed by atoms with Gasteiger partial charge < -0.3 is 24.8 Å². The van der Waals surface area contributed by atoms with Gasteiger partial charge in [-0.05, 0) is 41.7 Å². The smallest absolute Gasteiger partial charge is 0.265 e. The zero-order chi connectivity index (χ0) is 35.8. The highest BCUT2D eigenvalue weighted by molar-refractivity contribution is 6.35. The van der Waals surface area contributed by atoms with Crippen LogP contribution in [0.1, 0.15) is 26.3 Å². The van der Waals surface area contributed by atoms with Gasteiger partial charge in [-0.2, -0.15) is 10.2 Å². The number of anilines is 2. The van der Waals surface area contributed by atoms with Crippen LogP contribution in [0.3, 0.4) is 0 Å². The molecule has 0 unspecified atom stereocenters. The fourth-order valence-corrected chi connectivity index (χ4v) is 5.89. The van der Waals surface area contributed by atoms with Crippen LogP contribution in [0, 0.1) is 16.7 Å². The highest BCUT2D eigenvalue weighted by atomic mass is 35.5. The molecule has 0 radical (unpaired) electrons. The molecule has 0 atom stereocenters. The summed E-state index contributed by atoms with van der Waals surface area (Å²) in [5.74, 6) is 0.828. The molecular formula is C37H42ClN7O5. The molecule has 2 N–H and O–H groups in total. The van der Waals surface area contributed by atoms with E-state index in [2.05, 4.69) is 20.5 Å². The molecule has 1 saturated heterocycles. The number of hydrogen-bond acceptors (Lipinski definition) is 10. The van der Waals surface area contributed by atoms with Gasteiger partial charge in [0.05, 0.1) is 32.5 Å². The standard InChI is InChI=1S/C37H42ClN7O5/c1-37(2,3)21-26(22-39)34(46)42-27-8-6-24(7-9-27)10-12-45-33-25(23-41-36(43-33)40-11-13-44-14-16-50-17-15-44)18-30(35(45)47)29-19-28(48-4)20-31(49-5)32(29)38/h6-9,18-21,23H,10-17H2,1-5H3,(H,42,46)(H,40,41,43). The number of morpholine rings is 1. The Kier molecular flexibility index (Phi) is 11.7. The van der Waals surface area contributed by atoms with Gasteiger partial charge in [0.25, 0.3) is 11.5 Å². The van der Waals surface area contributed by atoms with Crippen LogP contribution in [0.15, 0.2) is 65.1 Å². The Morgan fingerprint density at radius 1 is 1.08 bits per heavy atom. The van der Waals surface area contributed by atoms with Crippen molar-refractivity contribution in [3.8, 4) is 28.7 Å². The molecule has 13 heteroatoms. The van der Waals surface area contributed by atoms with E-state index in [1.165, 1.54) is 14.2 Å². The maximum atomic E-state index is 14.3. The number of carbonyl (C=O) groups is 1. The van der Waals surface area contributed by atoms with E-state index in [9.17, 15) is 14.9 Å². The van der Waals surface area contributed by atoms with Crippen LogP contribution in [0.2, 0.25) is 5.02 Å². The molecule has 4 aromatic rings. The fourth-order valence-electron chi connectivity index (χ4n) is 5.61. The second-order valence-corrected chi connectivity index (χ2v) is 13.4. The maximum Gasteiger partial charge on any atom is 0.265 e. The second kappa shape index (κ2) is 16.2. The Hall–Kier alpha value is -4.96. The summed E-state index contributed by atoms with van der Waals surface area (Å²) in [6, 6.07) is 14.4. The first-order chi connectivity index (χ1) is 24.0. The van der Waals surface area contributed by atoms with Crippen molar-refractivity contribution in [2.75, 3.05) is 64.2 Å². The van der Waals surface area contributed by atoms with E-state index in [1.54, 1.807) is 47.2 Å². The molecular weight excluding hydrogens is 658 g/mol. The molecule has 1 amide bonds. The number of nitriles is 1. The van der Waals surface area contributed by atoms with Crippen molar-refractivity contribution < 1.29 is 19.0 Å². The molecule has 0 saturated carbocycles. The van der Waals surface area contributed by atoms with Gasteiger partial charge in [0.1, 0.15) is 28.8 Å². The van der Waals surface area contributed by atoms with Gasteiger partial charge in [0.2, 0.25) is 5.95 Å². The van der Waals surface area contributed by atoms with Crippen molar-refractivity contribution in [3.05, 3.63) is 81.3 Å². The van der Waals surface area contributed by atoms with E-state index in [-0.39, 0.29) is 21.6 Å². The predicted octanol–water partition coefficient (Wildman–Crippen LogP) is 5.55. The number of benzene rings is 2. The van der Waals surface area contributed by atoms with Crippen molar-refractivity contribution in [1.29, 1.82) is 5.26 Å². The van der Waals surface area contributed by atoms with E-state index >= 15 is 0 Å². The van der Waals surface area contributed by atoms with Gasteiger partial charge in [-0.1, -0.05) is 50.6 Å². The number of aryl methyl sites for hydroxylation is 2. The van der Waals surface area contributed by atoms with Crippen LogP contribution >= 0.6 is 11.6 Å². The molecule has 262 valence electrons. The number of allylic oxidation sites excluding steroid dienone is 1. The lowest BCUT2D eigenvalue weighted by molar-refractivity contribution is -0.112. The summed E-state index contributed by atoms with van der Waals surface area (Å²) in [5.41, 5.74) is 2.23. The van der Waals surface area contributed by atoms with Crippen molar-refractivity contribution in [3.63, 3.8) is 0 Å². The van der Waals surface area contributed by atoms with Crippen LogP contribution in [-0.2, 0) is 22.5 Å². The van der Waals surface area contributed by atoms with E-state index in [0.717, 1.165) is 38.4 Å². The molecule has 3 heterocycles. The number of hydrogen-bond donors (Lipinski definition) is 2. The lowest BCUT2D eigenvalue weighted by atomic mass is 9.93. The summed E-state index contributed by atoms with van der Waals surface area (Å²) in [7, 11) is 3.04. The van der Waals surface area contributed by atoms with Crippen LogP contribution in [-0.4, -0.2) is 79.0 Å². The average molecular weight is 700 g/mol. The van der Waals surface area contributed by atoms with E-state index < -0.39 is 5.91 Å². The van der Waals surface area contributed by atoms with Gasteiger partial charge in [0, 0.05) is 67.2 Å². The van der Waals surface area contributed by atoms with Gasteiger partial charge >= 0.3 is 0 Å². The number of pyridine rings is 1. The third-order valence-electron chi connectivity index (χ3n) is 8.18. The van der Waals surface area contributed by atoms with Gasteiger partial charge in [-0.3, -0.25) is 19.1 Å². The minimum Gasteiger partial charge on any atom is -0.497 e. The molecule has 12 nitrogen and oxygen atoms in total. The van der Waals surface area contributed by atoms with Crippen molar-refractivity contribution in [1.82, 2.24) is 19.4 Å². The Bertz CT molecular complexity index is 1970. The monoisotopic (exact) mass is 699 g/mol. The molecule has 0 bridgehead atoms. The van der Waals surface area contributed by atoms with E-state index in [1.807, 2.05) is 39.0 Å². The number of nitrogens with zero attached hydrogens (tertiary/aromatic N) is 5. The molecule has 2 aromatic carbocycles. The number of nitrogens with one attached hydrogen (secondary N) is 2. The molecule has 1 fully saturated rings. The minimum absolute atomic E-state index is 0.0541. The van der Waals surface area contributed by atoms with Crippen molar-refractivity contribution in [2.45, 2.75) is 33.7 Å². The quantitative estimate of drug-likeness (QED) is 0.143. The molecule has 1 aliphatic rings. The number of ether oxygens (including phenoxy) is 3.